The predicted octanol–water partition coefficient (Wildman–Crippen LogP) is 4.12. The minimum Gasteiger partial charge on any atom is -0.504 e. The van der Waals surface area contributed by atoms with Crippen LogP contribution in [-0.4, -0.2) is 30.8 Å². The van der Waals surface area contributed by atoms with Gasteiger partial charge < -0.3 is 15.2 Å². The molecule has 4 aromatic carbocycles. The number of hydrogen-bond acceptors (Lipinski definition) is 3. The van der Waals surface area contributed by atoms with Crippen LogP contribution < -0.4 is 26.0 Å². The van der Waals surface area contributed by atoms with Crippen molar-refractivity contribution in [3.8, 4) is 11.5 Å². The Morgan fingerprint density at radius 3 is 1.73 bits per heavy atom. The van der Waals surface area contributed by atoms with Crippen LogP contribution in [0.1, 0.15) is 10.4 Å². The molecule has 0 unspecified atom stereocenters. The van der Waals surface area contributed by atoms with Gasteiger partial charge in [-0.05, 0) is 54.6 Å². The van der Waals surface area contributed by atoms with Crippen LogP contribution in [0, 0.1) is 0 Å². The minimum atomic E-state index is -2.00. The molecule has 0 radical (unpaired) electrons. The fourth-order valence-electron chi connectivity index (χ4n) is 4.14. The Bertz CT molecular complexity index is 1100. The molecule has 0 heterocycles. The van der Waals surface area contributed by atoms with Gasteiger partial charge in [-0.2, -0.15) is 0 Å². The SMILES string of the molecule is COc1cc(C(=O)NCC[P+](c2ccccc2)(c2ccccc2)c2ccccc2)ccc1O. The molecule has 0 aliphatic rings. The van der Waals surface area contributed by atoms with Gasteiger partial charge in [0, 0.05) is 5.56 Å². The standard InChI is InChI=1S/C28H26NO3P/c1-32-27-21-22(17-18-26(27)30)28(31)29-19-20-33(23-11-5-2-6-12-23,24-13-7-3-8-14-24)25-15-9-4-10-16-25/h2-18,21H,19-20H2,1H3,(H-,29,30,31)/p+1. The van der Waals surface area contributed by atoms with Crippen molar-refractivity contribution in [2.75, 3.05) is 19.8 Å². The van der Waals surface area contributed by atoms with Gasteiger partial charge in [0.2, 0.25) is 0 Å². The van der Waals surface area contributed by atoms with Crippen molar-refractivity contribution in [2.24, 2.45) is 0 Å². The molecule has 0 saturated heterocycles. The zero-order chi connectivity index (χ0) is 23.1. The Balaban J connectivity index is 1.68. The van der Waals surface area contributed by atoms with Crippen LogP contribution in [0.15, 0.2) is 109 Å². The van der Waals surface area contributed by atoms with E-state index in [4.69, 9.17) is 4.74 Å². The molecule has 4 nitrogen and oxygen atoms in total. The van der Waals surface area contributed by atoms with Gasteiger partial charge in [-0.15, -0.1) is 0 Å². The maximum absolute atomic E-state index is 12.9. The van der Waals surface area contributed by atoms with Gasteiger partial charge in [0.1, 0.15) is 23.2 Å². The van der Waals surface area contributed by atoms with E-state index in [2.05, 4.69) is 78.1 Å². The Hall–Kier alpha value is -3.62. The summed E-state index contributed by atoms with van der Waals surface area (Å²) in [5, 5.41) is 16.8. The highest BCUT2D eigenvalue weighted by atomic mass is 31.2. The number of amides is 1. The molecule has 5 heteroatoms. The molecule has 0 saturated carbocycles. The van der Waals surface area contributed by atoms with E-state index in [0.29, 0.717) is 12.1 Å². The quantitative estimate of drug-likeness (QED) is 0.392. The van der Waals surface area contributed by atoms with Crippen LogP contribution in [0.25, 0.3) is 0 Å². The number of ether oxygens (including phenoxy) is 1. The maximum atomic E-state index is 12.9. The molecule has 0 fully saturated rings. The maximum Gasteiger partial charge on any atom is 0.251 e. The minimum absolute atomic E-state index is 0.0104. The summed E-state index contributed by atoms with van der Waals surface area (Å²) in [5.74, 6) is 0.0964. The van der Waals surface area contributed by atoms with Crippen molar-refractivity contribution >= 4 is 29.1 Å². The van der Waals surface area contributed by atoms with Crippen molar-refractivity contribution < 1.29 is 14.6 Å². The topological polar surface area (TPSA) is 58.6 Å². The predicted molar refractivity (Wildman–Crippen MR) is 137 cm³/mol. The first kappa shape index (κ1) is 22.6. The summed E-state index contributed by atoms with van der Waals surface area (Å²) in [6.45, 7) is 0.508. The molecule has 2 N–H and O–H groups in total. The molecule has 0 aromatic heterocycles. The van der Waals surface area contributed by atoms with E-state index in [0.717, 1.165) is 6.16 Å². The van der Waals surface area contributed by atoms with Crippen molar-refractivity contribution in [1.29, 1.82) is 0 Å². The highest BCUT2D eigenvalue weighted by Gasteiger charge is 2.44. The van der Waals surface area contributed by atoms with Crippen LogP contribution in [0.4, 0.5) is 0 Å². The van der Waals surface area contributed by atoms with Crippen LogP contribution in [0.2, 0.25) is 0 Å². The second-order valence-electron chi connectivity index (χ2n) is 7.68. The van der Waals surface area contributed by atoms with E-state index in [1.807, 2.05) is 18.2 Å². The summed E-state index contributed by atoms with van der Waals surface area (Å²) < 4.78 is 5.14. The zero-order valence-electron chi connectivity index (χ0n) is 18.5. The van der Waals surface area contributed by atoms with Crippen LogP contribution in [0.3, 0.4) is 0 Å². The molecule has 0 spiro atoms. The number of carbonyl (C=O) groups excluding carboxylic acids is 1. The number of phenolic OH excluding ortho intramolecular Hbond substituents is 1. The lowest BCUT2D eigenvalue weighted by molar-refractivity contribution is 0.0955. The second-order valence-corrected chi connectivity index (χ2v) is 11.3. The molecule has 0 aliphatic heterocycles. The van der Waals surface area contributed by atoms with E-state index in [1.54, 1.807) is 12.1 Å². The Morgan fingerprint density at radius 1 is 0.788 bits per heavy atom. The van der Waals surface area contributed by atoms with E-state index in [1.165, 1.54) is 29.1 Å². The molecule has 33 heavy (non-hydrogen) atoms. The smallest absolute Gasteiger partial charge is 0.251 e. The Morgan fingerprint density at radius 2 is 1.27 bits per heavy atom. The van der Waals surface area contributed by atoms with Gasteiger partial charge in [-0.1, -0.05) is 54.6 Å². The van der Waals surface area contributed by atoms with Gasteiger partial charge in [0.25, 0.3) is 5.91 Å². The highest BCUT2D eigenvalue weighted by Crippen LogP contribution is 2.54. The number of aromatic hydroxyl groups is 1. The first-order valence-corrected chi connectivity index (χ1v) is 12.8. The van der Waals surface area contributed by atoms with Crippen molar-refractivity contribution in [3.05, 3.63) is 115 Å². The molecule has 0 bridgehead atoms. The molecule has 0 aliphatic carbocycles. The van der Waals surface area contributed by atoms with Crippen LogP contribution >= 0.6 is 7.26 Å². The fraction of sp³-hybridized carbons (Fsp3) is 0.107. The Kier molecular flexibility index (Phi) is 7.07. The number of carbonyl (C=O) groups is 1. The van der Waals surface area contributed by atoms with E-state index < -0.39 is 7.26 Å². The summed E-state index contributed by atoms with van der Waals surface area (Å²) >= 11 is 0. The lowest BCUT2D eigenvalue weighted by atomic mass is 10.2. The third kappa shape index (κ3) is 4.76. The molecule has 0 atom stereocenters. The van der Waals surface area contributed by atoms with Crippen LogP contribution in [0.5, 0.6) is 11.5 Å². The number of hydrogen-bond donors (Lipinski definition) is 2. The summed E-state index contributed by atoms with van der Waals surface area (Å²) in [6, 6.07) is 36.4. The van der Waals surface area contributed by atoms with Gasteiger partial charge in [-0.25, -0.2) is 0 Å². The fourth-order valence-corrected chi connectivity index (χ4v) is 8.30. The number of rotatable bonds is 8. The summed E-state index contributed by atoms with van der Waals surface area (Å²) in [5.41, 5.74) is 0.452. The average Bonchev–Trinajstić information content (AvgIpc) is 2.88. The summed E-state index contributed by atoms with van der Waals surface area (Å²) in [7, 11) is -0.536. The summed E-state index contributed by atoms with van der Waals surface area (Å²) in [4.78, 5) is 12.9. The monoisotopic (exact) mass is 456 g/mol. The lowest BCUT2D eigenvalue weighted by Gasteiger charge is -2.27. The van der Waals surface area contributed by atoms with Gasteiger partial charge >= 0.3 is 0 Å². The first-order chi connectivity index (χ1) is 16.1. The van der Waals surface area contributed by atoms with Gasteiger partial charge in [0.15, 0.2) is 11.5 Å². The van der Waals surface area contributed by atoms with E-state index >= 15 is 0 Å². The average molecular weight is 457 g/mol. The number of benzene rings is 4. The largest absolute Gasteiger partial charge is 0.504 e. The van der Waals surface area contributed by atoms with Crippen molar-refractivity contribution in [3.63, 3.8) is 0 Å². The van der Waals surface area contributed by atoms with E-state index in [-0.39, 0.29) is 17.4 Å². The first-order valence-electron chi connectivity index (χ1n) is 10.9. The zero-order valence-corrected chi connectivity index (χ0v) is 19.4. The highest BCUT2D eigenvalue weighted by molar-refractivity contribution is 7.95. The number of phenols is 1. The van der Waals surface area contributed by atoms with Crippen molar-refractivity contribution in [1.82, 2.24) is 5.32 Å². The molecule has 1 amide bonds. The second kappa shape index (κ2) is 10.3. The molecular weight excluding hydrogens is 429 g/mol. The number of nitrogens with one attached hydrogen (secondary N) is 1. The van der Waals surface area contributed by atoms with E-state index in [9.17, 15) is 9.90 Å². The molecular formula is C28H27NO3P+. The molecule has 166 valence electrons. The molecule has 4 rings (SSSR count). The van der Waals surface area contributed by atoms with Gasteiger partial charge in [-0.3, -0.25) is 4.79 Å². The molecule has 4 aromatic rings. The summed E-state index contributed by atoms with van der Waals surface area (Å²) in [6.07, 6.45) is 0.784. The van der Waals surface area contributed by atoms with Gasteiger partial charge in [0.05, 0.1) is 19.8 Å². The van der Waals surface area contributed by atoms with Crippen molar-refractivity contribution in [2.45, 2.75) is 0 Å². The number of methoxy groups -OCH3 is 1. The normalized spacial score (nSPS) is 11.1. The van der Waals surface area contributed by atoms with Crippen LogP contribution in [-0.2, 0) is 0 Å². The third-order valence-electron chi connectivity index (χ3n) is 5.77. The Labute approximate surface area is 195 Å². The lowest BCUT2D eigenvalue weighted by Crippen LogP contribution is -2.37. The third-order valence-corrected chi connectivity index (χ3v) is 10.2.